The molecule has 0 aliphatic rings. The maximum absolute atomic E-state index is 11.2. The number of carbonyl (C=O) groups excluding carboxylic acids is 2. The van der Waals surface area contributed by atoms with Gasteiger partial charge in [0.05, 0.1) is 0 Å². The van der Waals surface area contributed by atoms with Crippen LogP contribution in [0.3, 0.4) is 0 Å². The lowest BCUT2D eigenvalue weighted by Crippen LogP contribution is -2.16. The molecule has 0 bridgehead atoms. The highest BCUT2D eigenvalue weighted by atomic mass is 127. The van der Waals surface area contributed by atoms with Crippen LogP contribution in [0.15, 0.2) is 30.3 Å². The molecule has 0 saturated heterocycles. The van der Waals surface area contributed by atoms with Crippen molar-refractivity contribution in [3.8, 4) is 0 Å². The first kappa shape index (κ1) is 13.8. The molecule has 1 aromatic rings. The molecule has 17 heavy (non-hydrogen) atoms. The van der Waals surface area contributed by atoms with E-state index in [4.69, 9.17) is 4.74 Å². The summed E-state index contributed by atoms with van der Waals surface area (Å²) in [4.78, 5) is 21.9. The highest BCUT2D eigenvalue weighted by Crippen LogP contribution is 2.01. The molecule has 0 unspecified atom stereocenters. The van der Waals surface area contributed by atoms with Crippen molar-refractivity contribution in [2.24, 2.45) is 0 Å². The fourth-order valence-electron chi connectivity index (χ4n) is 0.984. The summed E-state index contributed by atoms with van der Waals surface area (Å²) in [5.74, 6) is -0.612. The Balaban J connectivity index is 2.20. The van der Waals surface area contributed by atoms with Gasteiger partial charge in [-0.05, 0) is 28.2 Å². The highest BCUT2D eigenvalue weighted by Gasteiger charge is 2.08. The molecule has 0 aromatic heterocycles. The largest absolute Gasteiger partial charge is 0.509 e. The van der Waals surface area contributed by atoms with Crippen molar-refractivity contribution in [1.29, 1.82) is 0 Å². The van der Waals surface area contributed by atoms with Gasteiger partial charge in [-0.25, -0.2) is 9.59 Å². The smallest absolute Gasteiger partial charge is 0.458 e. The lowest BCUT2D eigenvalue weighted by Gasteiger charge is -2.05. The Hall–Kier alpha value is -1.31. The van der Waals surface area contributed by atoms with Crippen molar-refractivity contribution < 1.29 is 23.8 Å². The lowest BCUT2D eigenvalue weighted by atomic mass is 10.2. The van der Waals surface area contributed by atoms with Crippen LogP contribution in [-0.2, 0) is 25.6 Å². The zero-order valence-corrected chi connectivity index (χ0v) is 11.1. The Bertz CT molecular complexity index is 365. The van der Waals surface area contributed by atoms with Crippen molar-refractivity contribution in [2.75, 3.05) is 11.2 Å². The summed E-state index contributed by atoms with van der Waals surface area (Å²) in [5, 5.41) is 0. The van der Waals surface area contributed by atoms with Crippen LogP contribution in [0.4, 0.5) is 4.79 Å². The van der Waals surface area contributed by atoms with E-state index in [2.05, 4.69) is 9.47 Å². The molecule has 0 amide bonds. The van der Waals surface area contributed by atoms with Crippen LogP contribution < -0.4 is 0 Å². The van der Waals surface area contributed by atoms with Crippen molar-refractivity contribution in [1.82, 2.24) is 0 Å². The average molecular weight is 350 g/mol. The standard InChI is InChI=1S/C11H11IO5/c12-8-17-11(14)16-7-10(13)15-6-9-4-2-1-3-5-9/h1-5H,6-8H2. The molecule has 1 rings (SSSR count). The predicted octanol–water partition coefficient (Wildman–Crippen LogP) is 2.28. The molecule has 0 fully saturated rings. The van der Waals surface area contributed by atoms with Gasteiger partial charge in [-0.2, -0.15) is 0 Å². The van der Waals surface area contributed by atoms with Crippen LogP contribution in [0, 0.1) is 0 Å². The first-order chi connectivity index (χ1) is 8.22. The Morgan fingerprint density at radius 2 is 1.76 bits per heavy atom. The first-order valence-electron chi connectivity index (χ1n) is 4.77. The number of hydrogen-bond acceptors (Lipinski definition) is 5. The molecule has 1 aromatic carbocycles. The molecule has 6 heteroatoms. The number of ether oxygens (including phenoxy) is 3. The van der Waals surface area contributed by atoms with E-state index in [0.29, 0.717) is 0 Å². The quantitative estimate of drug-likeness (QED) is 0.463. The third kappa shape index (κ3) is 6.10. The summed E-state index contributed by atoms with van der Waals surface area (Å²) in [6, 6.07) is 9.22. The molecular weight excluding hydrogens is 339 g/mol. The SMILES string of the molecule is O=C(COC(=O)OCI)OCc1ccccc1. The Morgan fingerprint density at radius 1 is 1.06 bits per heavy atom. The maximum atomic E-state index is 11.2. The molecule has 0 aliphatic carbocycles. The zero-order chi connectivity index (χ0) is 12.5. The number of benzene rings is 1. The summed E-state index contributed by atoms with van der Waals surface area (Å²) in [5.41, 5.74) is 0.871. The van der Waals surface area contributed by atoms with Crippen LogP contribution in [0.5, 0.6) is 0 Å². The normalized spacial score (nSPS) is 9.47. The minimum Gasteiger partial charge on any atom is -0.458 e. The second kappa shape index (κ2) is 7.88. The third-order valence-electron chi connectivity index (χ3n) is 1.72. The molecule has 0 atom stereocenters. The monoisotopic (exact) mass is 350 g/mol. The summed E-state index contributed by atoms with van der Waals surface area (Å²) < 4.78 is 14.0. The van der Waals surface area contributed by atoms with Gasteiger partial charge in [-0.15, -0.1) is 0 Å². The fourth-order valence-corrected chi connectivity index (χ4v) is 1.24. The number of esters is 1. The van der Waals surface area contributed by atoms with Crippen LogP contribution in [0.25, 0.3) is 0 Å². The number of rotatable bonds is 5. The van der Waals surface area contributed by atoms with Gasteiger partial charge in [0, 0.05) is 0 Å². The molecule has 5 nitrogen and oxygen atoms in total. The van der Waals surface area contributed by atoms with Crippen molar-refractivity contribution in [3.63, 3.8) is 0 Å². The summed E-state index contributed by atoms with van der Waals surface area (Å²) in [6.45, 7) is -0.285. The zero-order valence-electron chi connectivity index (χ0n) is 8.93. The molecule has 0 saturated carbocycles. The van der Waals surface area contributed by atoms with Gasteiger partial charge in [0.2, 0.25) is 0 Å². The van der Waals surface area contributed by atoms with Crippen molar-refractivity contribution >= 4 is 34.7 Å². The molecule has 0 N–H and O–H groups in total. The van der Waals surface area contributed by atoms with Gasteiger partial charge in [0.25, 0.3) is 0 Å². The Kier molecular flexibility index (Phi) is 6.38. The summed E-state index contributed by atoms with van der Waals surface area (Å²) in [6.07, 6.45) is -0.879. The van der Waals surface area contributed by atoms with E-state index >= 15 is 0 Å². The summed E-state index contributed by atoms with van der Waals surface area (Å²) >= 11 is 1.84. The molecule has 0 aliphatic heterocycles. The molecular formula is C11H11IO5. The number of alkyl halides is 1. The van der Waals surface area contributed by atoms with Gasteiger partial charge in [-0.1, -0.05) is 30.3 Å². The van der Waals surface area contributed by atoms with Gasteiger partial charge in [0.1, 0.15) is 11.2 Å². The van der Waals surface area contributed by atoms with E-state index < -0.39 is 18.7 Å². The van der Waals surface area contributed by atoms with Crippen molar-refractivity contribution in [2.45, 2.75) is 6.61 Å². The Morgan fingerprint density at radius 3 is 2.41 bits per heavy atom. The van der Waals surface area contributed by atoms with Crippen LogP contribution in [0.2, 0.25) is 0 Å². The van der Waals surface area contributed by atoms with Gasteiger partial charge < -0.3 is 14.2 Å². The second-order valence-electron chi connectivity index (χ2n) is 2.94. The maximum Gasteiger partial charge on any atom is 0.509 e. The van der Waals surface area contributed by atoms with E-state index in [1.807, 2.05) is 52.9 Å². The number of carbonyl (C=O) groups is 2. The number of halogens is 1. The molecule has 0 spiro atoms. The third-order valence-corrected chi connectivity index (χ3v) is 2.03. The number of hydrogen-bond donors (Lipinski definition) is 0. The topological polar surface area (TPSA) is 61.8 Å². The van der Waals surface area contributed by atoms with Gasteiger partial charge in [-0.3, -0.25) is 0 Å². The fraction of sp³-hybridized carbons (Fsp3) is 0.273. The first-order valence-corrected chi connectivity index (χ1v) is 6.30. The van der Waals surface area contributed by atoms with E-state index in [1.165, 1.54) is 0 Å². The Labute approximate surface area is 112 Å². The van der Waals surface area contributed by atoms with Crippen LogP contribution >= 0.6 is 22.6 Å². The average Bonchev–Trinajstić information content (AvgIpc) is 2.35. The molecule has 0 radical (unpaired) electrons. The predicted molar refractivity (Wildman–Crippen MR) is 67.6 cm³/mol. The minimum atomic E-state index is -0.879. The van der Waals surface area contributed by atoms with Gasteiger partial charge in [0.15, 0.2) is 6.61 Å². The van der Waals surface area contributed by atoms with E-state index in [9.17, 15) is 9.59 Å². The highest BCUT2D eigenvalue weighted by molar-refractivity contribution is 14.1. The van der Waals surface area contributed by atoms with Crippen LogP contribution in [-0.4, -0.2) is 23.3 Å². The van der Waals surface area contributed by atoms with E-state index in [0.717, 1.165) is 5.56 Å². The molecule has 92 valence electrons. The minimum absolute atomic E-state index is 0.157. The van der Waals surface area contributed by atoms with Gasteiger partial charge >= 0.3 is 12.1 Å². The summed E-state index contributed by atoms with van der Waals surface area (Å²) in [7, 11) is 0. The van der Waals surface area contributed by atoms with E-state index in [-0.39, 0.29) is 11.2 Å². The van der Waals surface area contributed by atoms with Crippen LogP contribution in [0.1, 0.15) is 5.56 Å². The van der Waals surface area contributed by atoms with Crippen molar-refractivity contribution in [3.05, 3.63) is 35.9 Å². The van der Waals surface area contributed by atoms with E-state index in [1.54, 1.807) is 0 Å². The molecule has 0 heterocycles. The second-order valence-corrected chi connectivity index (χ2v) is 3.56. The lowest BCUT2D eigenvalue weighted by molar-refractivity contribution is -0.149.